The van der Waals surface area contributed by atoms with E-state index in [9.17, 15) is 23.1 Å². The van der Waals surface area contributed by atoms with Crippen molar-refractivity contribution in [2.75, 3.05) is 0 Å². The van der Waals surface area contributed by atoms with Gasteiger partial charge in [0.05, 0.1) is 53.3 Å². The van der Waals surface area contributed by atoms with Crippen LogP contribution < -0.4 is 4.74 Å². The highest BCUT2D eigenvalue weighted by Gasteiger charge is 2.57. The molecule has 3 heterocycles. The Hall–Kier alpha value is -5.18. The lowest BCUT2D eigenvalue weighted by Gasteiger charge is -2.30. The van der Waals surface area contributed by atoms with Crippen LogP contribution in [0.3, 0.4) is 0 Å². The Labute approximate surface area is 274 Å². The van der Waals surface area contributed by atoms with Crippen molar-refractivity contribution in [2.24, 2.45) is 5.41 Å². The van der Waals surface area contributed by atoms with E-state index < -0.39 is 24.3 Å². The lowest BCUT2D eigenvalue weighted by atomic mass is 9.76. The van der Waals surface area contributed by atoms with Crippen molar-refractivity contribution in [2.45, 2.75) is 76.5 Å². The third-order valence-electron chi connectivity index (χ3n) is 9.86. The SMILES string of the molecule is CC(F)(F)Cn1cncc1Cn1c(C2CC23CCC(c2cccnc2OCc2ccc(C#N)cc2F)CC3)nc2ccc(C(=O)O)cc21. The smallest absolute Gasteiger partial charge is 0.335 e. The number of carboxylic acid groups (broad SMARTS) is 1. The van der Waals surface area contributed by atoms with Gasteiger partial charge in [-0.1, -0.05) is 12.1 Å². The van der Waals surface area contributed by atoms with Crippen molar-refractivity contribution in [3.8, 4) is 11.9 Å². The first-order valence-electron chi connectivity index (χ1n) is 15.9. The van der Waals surface area contributed by atoms with Gasteiger partial charge in [0.15, 0.2) is 0 Å². The molecule has 7 rings (SSSR count). The lowest BCUT2D eigenvalue weighted by Crippen LogP contribution is -2.21. The topological polar surface area (TPSA) is 119 Å². The Kier molecular flexibility index (Phi) is 7.93. The molecule has 1 unspecified atom stereocenters. The monoisotopic (exact) mass is 654 g/mol. The molecule has 1 spiro atoms. The molecule has 2 aliphatic carbocycles. The minimum absolute atomic E-state index is 0.00506. The summed E-state index contributed by atoms with van der Waals surface area (Å²) in [7, 11) is 0. The van der Waals surface area contributed by atoms with Crippen LogP contribution in [-0.4, -0.2) is 41.1 Å². The first kappa shape index (κ1) is 31.4. The number of nitrogens with zero attached hydrogens (tertiary/aromatic N) is 6. The second-order valence-electron chi connectivity index (χ2n) is 13.1. The van der Waals surface area contributed by atoms with Crippen LogP contribution in [0.2, 0.25) is 0 Å². The van der Waals surface area contributed by atoms with Gasteiger partial charge in [-0.25, -0.2) is 32.9 Å². The number of hydrogen-bond acceptors (Lipinski definition) is 6. The van der Waals surface area contributed by atoms with Crippen LogP contribution in [0, 0.1) is 22.6 Å². The van der Waals surface area contributed by atoms with E-state index in [0.29, 0.717) is 28.2 Å². The number of fused-ring (bicyclic) bond motifs is 1. The number of pyridine rings is 1. The van der Waals surface area contributed by atoms with Crippen molar-refractivity contribution in [1.82, 2.24) is 24.1 Å². The molecule has 12 heteroatoms. The number of aromatic carboxylic acids is 1. The minimum atomic E-state index is -2.93. The van der Waals surface area contributed by atoms with Gasteiger partial charge in [0.25, 0.3) is 5.92 Å². The van der Waals surface area contributed by atoms with E-state index in [-0.39, 0.29) is 41.5 Å². The predicted molar refractivity (Wildman–Crippen MR) is 169 cm³/mol. The normalized spacial score (nSPS) is 20.6. The van der Waals surface area contributed by atoms with E-state index in [1.807, 2.05) is 22.8 Å². The summed E-state index contributed by atoms with van der Waals surface area (Å²) in [6.07, 6.45) is 9.20. The summed E-state index contributed by atoms with van der Waals surface area (Å²) in [5.74, 6) is -2.84. The molecular weight excluding hydrogens is 621 g/mol. The number of aromatic nitrogens is 5. The number of hydrogen-bond donors (Lipinski definition) is 1. The third kappa shape index (κ3) is 6.12. The van der Waals surface area contributed by atoms with Crippen molar-refractivity contribution in [3.63, 3.8) is 0 Å². The average Bonchev–Trinajstić information content (AvgIpc) is 3.37. The molecule has 1 N–H and O–H groups in total. The fraction of sp³-hybridized carbons (Fsp3) is 0.361. The van der Waals surface area contributed by atoms with Gasteiger partial charge >= 0.3 is 5.97 Å². The molecule has 2 aromatic carbocycles. The second-order valence-corrected chi connectivity index (χ2v) is 13.1. The molecule has 0 aliphatic heterocycles. The molecule has 48 heavy (non-hydrogen) atoms. The summed E-state index contributed by atoms with van der Waals surface area (Å²) >= 11 is 0. The lowest BCUT2D eigenvalue weighted by molar-refractivity contribution is 0.00313. The summed E-state index contributed by atoms with van der Waals surface area (Å²) in [5.41, 5.74) is 3.62. The van der Waals surface area contributed by atoms with Crippen LogP contribution in [0.25, 0.3) is 11.0 Å². The van der Waals surface area contributed by atoms with E-state index in [1.54, 1.807) is 36.7 Å². The molecule has 1 atom stereocenters. The quantitative estimate of drug-likeness (QED) is 0.166. The summed E-state index contributed by atoms with van der Waals surface area (Å²) in [5, 5.41) is 18.7. The van der Waals surface area contributed by atoms with Crippen molar-refractivity contribution in [3.05, 3.63) is 107 Å². The van der Waals surface area contributed by atoms with Crippen molar-refractivity contribution < 1.29 is 27.8 Å². The predicted octanol–water partition coefficient (Wildman–Crippen LogP) is 7.45. The molecule has 3 aromatic heterocycles. The first-order valence-corrected chi connectivity index (χ1v) is 15.9. The maximum atomic E-state index is 14.5. The van der Waals surface area contributed by atoms with Crippen LogP contribution in [0.5, 0.6) is 5.88 Å². The molecule has 2 aliphatic rings. The van der Waals surface area contributed by atoms with Gasteiger partial charge in [-0.2, -0.15) is 5.26 Å². The summed E-state index contributed by atoms with van der Waals surface area (Å²) in [6, 6.07) is 15.0. The number of carbonyl (C=O) groups is 1. The molecule has 2 saturated carbocycles. The van der Waals surface area contributed by atoms with Crippen LogP contribution in [0.4, 0.5) is 13.2 Å². The summed E-state index contributed by atoms with van der Waals surface area (Å²) in [4.78, 5) is 25.4. The first-order chi connectivity index (χ1) is 23.0. The molecule has 0 bridgehead atoms. The maximum Gasteiger partial charge on any atom is 0.335 e. The Morgan fingerprint density at radius 3 is 2.73 bits per heavy atom. The van der Waals surface area contributed by atoms with Gasteiger partial charge < -0.3 is 19.0 Å². The molecular formula is C36H33F3N6O3. The molecule has 5 aromatic rings. The fourth-order valence-corrected chi connectivity index (χ4v) is 7.27. The van der Waals surface area contributed by atoms with Crippen LogP contribution in [-0.2, 0) is 19.7 Å². The number of nitriles is 1. The third-order valence-corrected chi connectivity index (χ3v) is 9.86. The summed E-state index contributed by atoms with van der Waals surface area (Å²) in [6.45, 7) is 0.585. The number of carboxylic acids is 1. The number of imidazole rings is 2. The van der Waals surface area contributed by atoms with Crippen LogP contribution in [0.1, 0.15) is 89.4 Å². The number of rotatable bonds is 10. The van der Waals surface area contributed by atoms with E-state index in [4.69, 9.17) is 15.0 Å². The average molecular weight is 655 g/mol. The number of benzene rings is 2. The largest absolute Gasteiger partial charge is 0.478 e. The zero-order chi connectivity index (χ0) is 33.6. The highest BCUT2D eigenvalue weighted by Crippen LogP contribution is 2.68. The molecule has 246 valence electrons. The molecule has 0 amide bonds. The van der Waals surface area contributed by atoms with Gasteiger partial charge in [-0.3, -0.25) is 0 Å². The Morgan fingerprint density at radius 2 is 2.00 bits per heavy atom. The van der Waals surface area contributed by atoms with Crippen molar-refractivity contribution in [1.29, 1.82) is 5.26 Å². The highest BCUT2D eigenvalue weighted by molar-refractivity contribution is 5.92. The standard InChI is InChI=1S/C36H33F3N6O3/c1-35(38,39)20-44-21-41-17-26(44)18-45-31-14-24(34(46)47)6-7-30(31)43-32(45)28-15-36(28)10-8-23(9-11-36)27-3-2-12-42-33(27)48-19-25-5-4-22(16-40)13-29(25)37/h2-7,12-14,17,21,23,28H,8-11,15,18-20H2,1H3,(H,46,47). The van der Waals surface area contributed by atoms with E-state index >= 15 is 0 Å². The highest BCUT2D eigenvalue weighted by atomic mass is 19.3. The van der Waals surface area contributed by atoms with Crippen molar-refractivity contribution >= 4 is 17.0 Å². The van der Waals surface area contributed by atoms with Crippen LogP contribution >= 0.6 is 0 Å². The van der Waals surface area contributed by atoms with E-state index in [2.05, 4.69) is 9.97 Å². The van der Waals surface area contributed by atoms with Gasteiger partial charge in [-0.15, -0.1) is 0 Å². The van der Waals surface area contributed by atoms with E-state index in [1.165, 1.54) is 23.0 Å². The number of alkyl halides is 2. The van der Waals surface area contributed by atoms with Crippen LogP contribution in [0.15, 0.2) is 67.3 Å². The molecule has 9 nitrogen and oxygen atoms in total. The zero-order valence-corrected chi connectivity index (χ0v) is 26.2. The number of halogens is 3. The second kappa shape index (κ2) is 12.1. The van der Waals surface area contributed by atoms with E-state index in [0.717, 1.165) is 50.4 Å². The maximum absolute atomic E-state index is 14.5. The van der Waals surface area contributed by atoms with Gasteiger partial charge in [-0.05, 0) is 79.8 Å². The minimum Gasteiger partial charge on any atom is -0.478 e. The Balaban J connectivity index is 1.11. The Bertz CT molecular complexity index is 2050. The van der Waals surface area contributed by atoms with Gasteiger partial charge in [0.2, 0.25) is 5.88 Å². The molecule has 2 fully saturated rings. The van der Waals surface area contributed by atoms with Gasteiger partial charge in [0.1, 0.15) is 18.2 Å². The molecule has 0 saturated heterocycles. The zero-order valence-electron chi connectivity index (χ0n) is 26.2. The number of ether oxygens (including phenoxy) is 1. The van der Waals surface area contributed by atoms with Gasteiger partial charge in [0, 0.05) is 36.4 Å². The molecule has 0 radical (unpaired) electrons. The Morgan fingerprint density at radius 1 is 1.19 bits per heavy atom. The summed E-state index contributed by atoms with van der Waals surface area (Å²) < 4.78 is 51.8. The fourth-order valence-electron chi connectivity index (χ4n) is 7.27.